The Kier molecular flexibility index (Phi) is 5.77. The number of nitrogens with one attached hydrogen (secondary N) is 1. The smallest absolute Gasteiger partial charge is 0.324 e. The molecule has 1 N–H and O–H groups in total. The van der Waals surface area contributed by atoms with E-state index >= 15 is 0 Å². The summed E-state index contributed by atoms with van der Waals surface area (Å²) >= 11 is 0. The van der Waals surface area contributed by atoms with E-state index in [0.29, 0.717) is 31.6 Å². The van der Waals surface area contributed by atoms with E-state index in [1.807, 2.05) is 0 Å². The van der Waals surface area contributed by atoms with E-state index in [9.17, 15) is 27.6 Å². The molecule has 7 nitrogen and oxygen atoms in total. The van der Waals surface area contributed by atoms with E-state index in [0.717, 1.165) is 12.1 Å². The summed E-state index contributed by atoms with van der Waals surface area (Å²) in [6.07, 6.45) is -3.43. The number of carbonyl (C=O) groups is 3. The first-order valence-electron chi connectivity index (χ1n) is 10.2. The number of nitrogens with zero attached hydrogens (tertiary/aromatic N) is 3. The van der Waals surface area contributed by atoms with E-state index in [-0.39, 0.29) is 30.2 Å². The monoisotopic (exact) mass is 446 g/mol. The van der Waals surface area contributed by atoms with Crippen LogP contribution in [0.15, 0.2) is 54.6 Å². The maximum Gasteiger partial charge on any atom is 0.416 e. The van der Waals surface area contributed by atoms with E-state index < -0.39 is 17.8 Å². The molecule has 5 amide bonds. The number of piperidine rings is 1. The number of likely N-dealkylation sites (tertiary alicyclic amines) is 1. The van der Waals surface area contributed by atoms with Crippen molar-refractivity contribution in [2.75, 3.05) is 29.9 Å². The van der Waals surface area contributed by atoms with Crippen LogP contribution < -0.4 is 10.2 Å². The minimum atomic E-state index is -4.44. The zero-order valence-corrected chi connectivity index (χ0v) is 17.0. The molecule has 2 aromatic carbocycles. The van der Waals surface area contributed by atoms with Gasteiger partial charge in [-0.3, -0.25) is 4.79 Å². The lowest BCUT2D eigenvalue weighted by Gasteiger charge is -2.36. The SMILES string of the molecule is O=C(Nc1ccc(C(F)(F)F)cc1)N1CCC(N2CC(=O)N(c3ccccc3)C2=O)CC1. The first-order valence-corrected chi connectivity index (χ1v) is 10.2. The summed E-state index contributed by atoms with van der Waals surface area (Å²) in [6.45, 7) is 0.719. The van der Waals surface area contributed by atoms with Gasteiger partial charge >= 0.3 is 18.2 Å². The first kappa shape index (κ1) is 21.7. The van der Waals surface area contributed by atoms with Gasteiger partial charge in [-0.2, -0.15) is 13.2 Å². The average Bonchev–Trinajstić information content (AvgIpc) is 3.08. The highest BCUT2D eigenvalue weighted by Gasteiger charge is 2.41. The second kappa shape index (κ2) is 8.52. The Hall–Kier alpha value is -3.56. The molecule has 0 aromatic heterocycles. The first-order chi connectivity index (χ1) is 15.2. The minimum Gasteiger partial charge on any atom is -0.324 e. The number of hydrogen-bond acceptors (Lipinski definition) is 3. The molecule has 168 valence electrons. The molecule has 4 rings (SSSR count). The Labute approximate surface area is 182 Å². The summed E-state index contributed by atoms with van der Waals surface area (Å²) in [7, 11) is 0. The highest BCUT2D eigenvalue weighted by molar-refractivity contribution is 6.19. The van der Waals surface area contributed by atoms with Crippen molar-refractivity contribution in [3.05, 3.63) is 60.2 Å². The lowest BCUT2D eigenvalue weighted by Crippen LogP contribution is -2.49. The summed E-state index contributed by atoms with van der Waals surface area (Å²) in [4.78, 5) is 42.0. The highest BCUT2D eigenvalue weighted by Crippen LogP contribution is 2.30. The van der Waals surface area contributed by atoms with Crippen LogP contribution in [0.5, 0.6) is 0 Å². The molecule has 0 unspecified atom stereocenters. The summed E-state index contributed by atoms with van der Waals surface area (Å²) in [5.74, 6) is -0.288. The van der Waals surface area contributed by atoms with Crippen LogP contribution in [0.4, 0.5) is 34.1 Å². The van der Waals surface area contributed by atoms with Gasteiger partial charge in [-0.05, 0) is 49.2 Å². The van der Waals surface area contributed by atoms with Gasteiger partial charge in [-0.15, -0.1) is 0 Å². The van der Waals surface area contributed by atoms with Crippen molar-refractivity contribution in [3.8, 4) is 0 Å². The molecule has 2 aliphatic rings. The molecule has 2 heterocycles. The molecule has 32 heavy (non-hydrogen) atoms. The van der Waals surface area contributed by atoms with E-state index in [4.69, 9.17) is 0 Å². The maximum absolute atomic E-state index is 12.8. The van der Waals surface area contributed by atoms with E-state index in [1.165, 1.54) is 17.0 Å². The molecule has 0 radical (unpaired) electrons. The lowest BCUT2D eigenvalue weighted by atomic mass is 10.0. The Morgan fingerprint density at radius 3 is 2.16 bits per heavy atom. The van der Waals surface area contributed by atoms with Crippen molar-refractivity contribution >= 4 is 29.3 Å². The van der Waals surface area contributed by atoms with E-state index in [2.05, 4.69) is 5.32 Å². The Balaban J connectivity index is 1.33. The van der Waals surface area contributed by atoms with Gasteiger partial charge in [-0.1, -0.05) is 18.2 Å². The number of benzene rings is 2. The van der Waals surface area contributed by atoms with E-state index in [1.54, 1.807) is 40.1 Å². The molecule has 2 fully saturated rings. The van der Waals surface area contributed by atoms with Gasteiger partial charge in [0.2, 0.25) is 0 Å². The summed E-state index contributed by atoms with van der Waals surface area (Å²) in [5.41, 5.74) is 0.00739. The molecular weight excluding hydrogens is 425 g/mol. The third-order valence-corrected chi connectivity index (χ3v) is 5.66. The molecule has 2 aromatic rings. The number of para-hydroxylation sites is 1. The van der Waals surface area contributed by atoms with Gasteiger partial charge in [0.1, 0.15) is 6.54 Å². The lowest BCUT2D eigenvalue weighted by molar-refractivity contribution is -0.137. The van der Waals surface area contributed by atoms with Crippen LogP contribution in [0, 0.1) is 0 Å². The molecule has 2 saturated heterocycles. The molecule has 10 heteroatoms. The third kappa shape index (κ3) is 4.39. The quantitative estimate of drug-likeness (QED) is 0.720. The minimum absolute atomic E-state index is 0.00382. The molecule has 2 aliphatic heterocycles. The second-order valence-electron chi connectivity index (χ2n) is 7.70. The molecule has 0 bridgehead atoms. The fraction of sp³-hybridized carbons (Fsp3) is 0.318. The number of rotatable bonds is 3. The van der Waals surface area contributed by atoms with Crippen molar-refractivity contribution in [2.24, 2.45) is 0 Å². The van der Waals surface area contributed by atoms with Gasteiger partial charge in [-0.25, -0.2) is 14.5 Å². The summed E-state index contributed by atoms with van der Waals surface area (Å²) < 4.78 is 38.0. The van der Waals surface area contributed by atoms with Gasteiger partial charge < -0.3 is 15.1 Å². The highest BCUT2D eigenvalue weighted by atomic mass is 19.4. The molecular formula is C22H21F3N4O3. The topological polar surface area (TPSA) is 73.0 Å². The van der Waals surface area contributed by atoms with Crippen LogP contribution >= 0.6 is 0 Å². The number of hydrogen-bond donors (Lipinski definition) is 1. The predicted octanol–water partition coefficient (Wildman–Crippen LogP) is 4.17. The number of imide groups is 1. The number of alkyl halides is 3. The Morgan fingerprint density at radius 1 is 0.938 bits per heavy atom. The largest absolute Gasteiger partial charge is 0.416 e. The van der Waals surface area contributed by atoms with Crippen molar-refractivity contribution in [2.45, 2.75) is 25.1 Å². The van der Waals surface area contributed by atoms with Crippen LogP contribution in [0.25, 0.3) is 0 Å². The normalized spacial score (nSPS) is 17.8. The number of halogens is 3. The number of anilines is 2. The van der Waals surface area contributed by atoms with Gasteiger partial charge in [0.25, 0.3) is 5.91 Å². The maximum atomic E-state index is 12.8. The Bertz CT molecular complexity index is 1000. The standard InChI is InChI=1S/C22H21F3N4O3/c23-22(24,25)15-6-8-16(9-7-15)26-20(31)27-12-10-17(11-13-27)28-14-19(30)29(21(28)32)18-4-2-1-3-5-18/h1-9,17H,10-14H2,(H,26,31). The summed E-state index contributed by atoms with van der Waals surface area (Å²) in [5, 5.41) is 2.60. The van der Waals surface area contributed by atoms with Gasteiger partial charge in [0, 0.05) is 24.8 Å². The van der Waals surface area contributed by atoms with Gasteiger partial charge in [0.15, 0.2) is 0 Å². The molecule has 0 aliphatic carbocycles. The molecule has 0 atom stereocenters. The predicted molar refractivity (Wildman–Crippen MR) is 111 cm³/mol. The van der Waals surface area contributed by atoms with Crippen molar-refractivity contribution < 1.29 is 27.6 Å². The molecule has 0 spiro atoms. The summed E-state index contributed by atoms with van der Waals surface area (Å²) in [6, 6.07) is 12.0. The Morgan fingerprint density at radius 2 is 1.56 bits per heavy atom. The third-order valence-electron chi connectivity index (χ3n) is 5.66. The van der Waals surface area contributed by atoms with Crippen molar-refractivity contribution in [1.29, 1.82) is 0 Å². The van der Waals surface area contributed by atoms with Crippen molar-refractivity contribution in [3.63, 3.8) is 0 Å². The number of urea groups is 2. The zero-order valence-electron chi connectivity index (χ0n) is 17.0. The van der Waals surface area contributed by atoms with Crippen molar-refractivity contribution in [1.82, 2.24) is 9.80 Å². The fourth-order valence-corrected chi connectivity index (χ4v) is 3.96. The number of amides is 5. The van der Waals surface area contributed by atoms with Gasteiger partial charge in [0.05, 0.1) is 11.3 Å². The second-order valence-corrected chi connectivity index (χ2v) is 7.70. The van der Waals surface area contributed by atoms with Crippen LogP contribution in [0.1, 0.15) is 18.4 Å². The van der Waals surface area contributed by atoms with Crippen LogP contribution in [0.2, 0.25) is 0 Å². The number of carbonyl (C=O) groups excluding carboxylic acids is 3. The fourth-order valence-electron chi connectivity index (χ4n) is 3.96. The zero-order chi connectivity index (χ0) is 22.9. The van der Waals surface area contributed by atoms with Crippen LogP contribution in [0.3, 0.4) is 0 Å². The van der Waals surface area contributed by atoms with Crippen LogP contribution in [-0.2, 0) is 11.0 Å². The van der Waals surface area contributed by atoms with Crippen LogP contribution in [-0.4, -0.2) is 53.4 Å². The molecule has 0 saturated carbocycles. The average molecular weight is 446 g/mol.